The minimum absolute atomic E-state index is 0.265. The van der Waals surface area contributed by atoms with Gasteiger partial charge in [0, 0.05) is 7.05 Å². The fraction of sp³-hybridized carbons (Fsp3) is 0.231. The summed E-state index contributed by atoms with van der Waals surface area (Å²) in [5.41, 5.74) is 2.16. The number of tetrazole rings is 1. The number of para-hydroxylation sites is 1. The smallest absolute Gasteiger partial charge is 0.369 e. The highest BCUT2D eigenvalue weighted by atomic mass is 32.1. The number of aryl methyl sites for hydroxylation is 2. The van der Waals surface area contributed by atoms with Crippen molar-refractivity contribution < 1.29 is 6.11 Å². The number of aromatic nitrogens is 5. The van der Waals surface area contributed by atoms with Crippen LogP contribution in [-0.4, -0.2) is 24.8 Å². The molecule has 0 saturated carbocycles. The van der Waals surface area contributed by atoms with Gasteiger partial charge in [-0.2, -0.15) is 4.68 Å². The van der Waals surface area contributed by atoms with Gasteiger partial charge in [-0.25, -0.2) is 9.78 Å². The van der Waals surface area contributed by atoms with Gasteiger partial charge in [-0.15, -0.1) is 16.0 Å². The van der Waals surface area contributed by atoms with Gasteiger partial charge < -0.3 is 4.74 Å². The lowest BCUT2D eigenvalue weighted by Crippen LogP contribution is -2.23. The molecule has 0 unspecified atom stereocenters. The third-order valence-corrected chi connectivity index (χ3v) is 3.72. The molecule has 0 aliphatic rings. The van der Waals surface area contributed by atoms with Gasteiger partial charge in [-0.05, 0) is 29.0 Å². The Morgan fingerprint density at radius 1 is 1.43 bits per heavy atom. The normalized spacial score (nSPS) is 11.4. The van der Waals surface area contributed by atoms with Crippen LogP contribution in [0.4, 0.5) is 0 Å². The van der Waals surface area contributed by atoms with Crippen molar-refractivity contribution in [2.24, 2.45) is 7.05 Å². The summed E-state index contributed by atoms with van der Waals surface area (Å²) in [5.74, 6) is 1.12. The Morgan fingerprint density at radius 3 is 3.00 bits per heavy atom. The van der Waals surface area contributed by atoms with Crippen molar-refractivity contribution in [2.75, 3.05) is 0 Å². The fourth-order valence-corrected chi connectivity index (χ4v) is 2.44. The van der Waals surface area contributed by atoms with E-state index in [2.05, 4.69) is 15.4 Å². The summed E-state index contributed by atoms with van der Waals surface area (Å²) in [6.07, 6.45) is 0. The van der Waals surface area contributed by atoms with Gasteiger partial charge in [0.25, 0.3) is 0 Å². The van der Waals surface area contributed by atoms with Crippen molar-refractivity contribution in [3.8, 4) is 11.6 Å². The first-order valence-electron chi connectivity index (χ1n) is 6.68. The van der Waals surface area contributed by atoms with Crippen LogP contribution in [-0.2, 0) is 13.7 Å². The molecule has 21 heavy (non-hydrogen) atoms. The standard InChI is InChI=1S/C13H13N5O2S/c1-9-5-3-4-6-10(9)20-7-11-12(14-8-21-11)18-13(19)17(2)15-16-18/h3-6,8H,7H2,1-2H3/i3T. The molecule has 8 heteroatoms. The Labute approximate surface area is 125 Å². The third kappa shape index (κ3) is 2.57. The molecule has 0 atom stereocenters. The lowest BCUT2D eigenvalue weighted by Gasteiger charge is -2.08. The molecule has 1 aromatic carbocycles. The molecule has 0 spiro atoms. The second kappa shape index (κ2) is 5.49. The van der Waals surface area contributed by atoms with E-state index >= 15 is 0 Å². The van der Waals surface area contributed by atoms with Gasteiger partial charge in [-0.1, -0.05) is 18.2 Å². The van der Waals surface area contributed by atoms with E-state index in [4.69, 9.17) is 6.11 Å². The van der Waals surface area contributed by atoms with Gasteiger partial charge in [0.1, 0.15) is 12.4 Å². The predicted octanol–water partition coefficient (Wildman–Crippen LogP) is 1.31. The summed E-state index contributed by atoms with van der Waals surface area (Å²) in [7, 11) is 1.53. The molecule has 0 N–H and O–H groups in total. The topological polar surface area (TPSA) is 74.8 Å². The van der Waals surface area contributed by atoms with Crippen LogP contribution in [0.1, 0.15) is 11.8 Å². The molecule has 0 fully saturated rings. The minimum atomic E-state index is -0.359. The highest BCUT2D eigenvalue weighted by molar-refractivity contribution is 7.09. The zero-order chi connectivity index (χ0) is 15.7. The average molecular weight is 305 g/mol. The quantitative estimate of drug-likeness (QED) is 0.726. The van der Waals surface area contributed by atoms with Gasteiger partial charge in [0.15, 0.2) is 5.82 Å². The minimum Gasteiger partial charge on any atom is -0.488 e. The molecule has 0 aliphatic heterocycles. The molecule has 0 bridgehead atoms. The van der Waals surface area contributed by atoms with Crippen LogP contribution in [0.2, 0.25) is 0 Å². The Hall–Kier alpha value is -2.48. The second-order valence-electron chi connectivity index (χ2n) is 4.38. The molecule has 0 radical (unpaired) electrons. The van der Waals surface area contributed by atoms with Crippen molar-refractivity contribution in [1.29, 1.82) is 0 Å². The van der Waals surface area contributed by atoms with Gasteiger partial charge in [0.05, 0.1) is 11.8 Å². The van der Waals surface area contributed by atoms with Crippen LogP contribution in [0.5, 0.6) is 5.75 Å². The summed E-state index contributed by atoms with van der Waals surface area (Å²) in [6.45, 7) is 2.15. The predicted molar refractivity (Wildman–Crippen MR) is 77.8 cm³/mol. The molecular formula is C13H13N5O2S. The van der Waals surface area contributed by atoms with Crippen molar-refractivity contribution in [1.82, 2.24) is 24.8 Å². The van der Waals surface area contributed by atoms with E-state index in [1.807, 2.05) is 6.92 Å². The molecule has 108 valence electrons. The highest BCUT2D eigenvalue weighted by Gasteiger charge is 2.14. The van der Waals surface area contributed by atoms with Crippen molar-refractivity contribution in [2.45, 2.75) is 13.5 Å². The molecule has 2 aromatic heterocycles. The van der Waals surface area contributed by atoms with Crippen molar-refractivity contribution >= 4 is 11.3 Å². The first kappa shape index (κ1) is 12.3. The van der Waals surface area contributed by atoms with Crippen LogP contribution in [0.15, 0.2) is 34.5 Å². The lowest BCUT2D eigenvalue weighted by molar-refractivity contribution is 0.306. The van der Waals surface area contributed by atoms with E-state index in [1.165, 1.54) is 18.4 Å². The third-order valence-electron chi connectivity index (χ3n) is 2.92. The van der Waals surface area contributed by atoms with Crippen LogP contribution in [0, 0.1) is 6.92 Å². The zero-order valence-electron chi connectivity index (χ0n) is 12.5. The second-order valence-corrected chi connectivity index (χ2v) is 5.32. The van der Waals surface area contributed by atoms with Gasteiger partial charge >= 0.3 is 5.69 Å². The molecule has 7 nitrogen and oxygen atoms in total. The summed E-state index contributed by atoms with van der Waals surface area (Å²) in [5, 5.41) is 7.46. The number of nitrogens with zero attached hydrogens (tertiary/aromatic N) is 5. The van der Waals surface area contributed by atoms with E-state index in [0.29, 0.717) is 17.6 Å². The Bertz CT molecular complexity index is 869. The Balaban J connectivity index is 1.84. The summed E-state index contributed by atoms with van der Waals surface area (Å²) in [6, 6.07) is 5.60. The highest BCUT2D eigenvalue weighted by Crippen LogP contribution is 2.21. The number of hydrogen-bond acceptors (Lipinski definition) is 6. The van der Waals surface area contributed by atoms with E-state index in [0.717, 1.165) is 19.8 Å². The monoisotopic (exact) mass is 305 g/mol. The molecule has 0 saturated heterocycles. The SMILES string of the molecule is [3H]c1ccc(OCc2scnc2-n2nnn(C)c2=O)c(C)c1. The fourth-order valence-electron chi connectivity index (χ4n) is 1.79. The molecule has 0 amide bonds. The Morgan fingerprint density at radius 2 is 2.29 bits per heavy atom. The molecule has 0 aliphatic carbocycles. The number of ether oxygens (including phenoxy) is 1. The lowest BCUT2D eigenvalue weighted by atomic mass is 10.2. The van der Waals surface area contributed by atoms with E-state index in [9.17, 15) is 4.79 Å². The number of thiazole rings is 1. The molecule has 3 rings (SSSR count). The summed E-state index contributed by atoms with van der Waals surface area (Å²) < 4.78 is 15.6. The van der Waals surface area contributed by atoms with Crippen molar-refractivity contribution in [3.63, 3.8) is 0 Å². The molecule has 2 heterocycles. The van der Waals surface area contributed by atoms with E-state index < -0.39 is 0 Å². The van der Waals surface area contributed by atoms with Gasteiger partial charge in [0.2, 0.25) is 0 Å². The maximum atomic E-state index is 11.9. The molecule has 3 aromatic rings. The zero-order valence-corrected chi connectivity index (χ0v) is 12.3. The molecular weight excluding hydrogens is 290 g/mol. The first-order valence-corrected chi connectivity index (χ1v) is 7.06. The number of hydrogen-bond donors (Lipinski definition) is 0. The first-order chi connectivity index (χ1) is 10.6. The average Bonchev–Trinajstić information content (AvgIpc) is 3.06. The van der Waals surface area contributed by atoms with Gasteiger partial charge in [-0.3, -0.25) is 0 Å². The summed E-state index contributed by atoms with van der Waals surface area (Å²) >= 11 is 1.38. The van der Waals surface area contributed by atoms with E-state index in [-0.39, 0.29) is 12.3 Å². The maximum absolute atomic E-state index is 11.9. The van der Waals surface area contributed by atoms with Crippen LogP contribution < -0.4 is 10.4 Å². The summed E-state index contributed by atoms with van der Waals surface area (Å²) in [4.78, 5) is 16.8. The van der Waals surface area contributed by atoms with Crippen LogP contribution in [0.3, 0.4) is 0 Å². The number of benzene rings is 1. The number of rotatable bonds is 4. The van der Waals surface area contributed by atoms with Crippen molar-refractivity contribution in [3.05, 3.63) is 50.7 Å². The largest absolute Gasteiger partial charge is 0.488 e. The van der Waals surface area contributed by atoms with E-state index in [1.54, 1.807) is 23.7 Å². The van der Waals surface area contributed by atoms with Crippen LogP contribution in [0.25, 0.3) is 5.82 Å². The maximum Gasteiger partial charge on any atom is 0.369 e. The Kier molecular flexibility index (Phi) is 3.21. The van der Waals surface area contributed by atoms with Crippen LogP contribution >= 0.6 is 11.3 Å².